The van der Waals surface area contributed by atoms with Gasteiger partial charge in [-0.1, -0.05) is 31.2 Å². The van der Waals surface area contributed by atoms with Crippen molar-refractivity contribution in [2.24, 2.45) is 0 Å². The highest BCUT2D eigenvalue weighted by Gasteiger charge is 2.18. The maximum absolute atomic E-state index is 12.4. The molecule has 5 heteroatoms. The van der Waals surface area contributed by atoms with Crippen LogP contribution in [-0.2, 0) is 17.8 Å². The van der Waals surface area contributed by atoms with Gasteiger partial charge in [0.05, 0.1) is 4.88 Å². The Morgan fingerprint density at radius 2 is 1.92 bits per heavy atom. The number of nitrogens with zero attached hydrogens (tertiary/aromatic N) is 1. The minimum absolute atomic E-state index is 0.0276. The molecular formula is C20H21NO3S. The number of aryl methyl sites for hydroxylation is 1. The van der Waals surface area contributed by atoms with Crippen molar-refractivity contribution >= 4 is 34.0 Å². The van der Waals surface area contributed by atoms with E-state index in [1.807, 2.05) is 42.6 Å². The second kappa shape index (κ2) is 7.66. The van der Waals surface area contributed by atoms with Crippen molar-refractivity contribution in [1.29, 1.82) is 0 Å². The van der Waals surface area contributed by atoms with Crippen LogP contribution in [-0.4, -0.2) is 23.6 Å². The van der Waals surface area contributed by atoms with Gasteiger partial charge in [-0.3, -0.25) is 9.59 Å². The van der Waals surface area contributed by atoms with E-state index in [2.05, 4.69) is 0 Å². The SMILES string of the molecule is CCc1oc2ccccc2c1CN(C)C(=O)CCC(=O)c1cccs1. The van der Waals surface area contributed by atoms with Crippen molar-refractivity contribution in [3.05, 3.63) is 58.0 Å². The Morgan fingerprint density at radius 1 is 1.12 bits per heavy atom. The molecule has 0 bridgehead atoms. The minimum Gasteiger partial charge on any atom is -0.461 e. The summed E-state index contributed by atoms with van der Waals surface area (Å²) in [6.07, 6.45) is 1.25. The fraction of sp³-hybridized carbons (Fsp3) is 0.300. The Kier molecular flexibility index (Phi) is 5.34. The van der Waals surface area contributed by atoms with Gasteiger partial charge in [0.25, 0.3) is 0 Å². The number of fused-ring (bicyclic) bond motifs is 1. The first kappa shape index (κ1) is 17.4. The topological polar surface area (TPSA) is 50.5 Å². The summed E-state index contributed by atoms with van der Waals surface area (Å²) in [6, 6.07) is 11.5. The van der Waals surface area contributed by atoms with Crippen LogP contribution in [0.4, 0.5) is 0 Å². The highest BCUT2D eigenvalue weighted by atomic mass is 32.1. The van der Waals surface area contributed by atoms with E-state index >= 15 is 0 Å². The molecule has 0 spiro atoms. The number of hydrogen-bond acceptors (Lipinski definition) is 4. The molecule has 2 aromatic heterocycles. The van der Waals surface area contributed by atoms with Crippen LogP contribution in [0.1, 0.15) is 40.8 Å². The molecule has 0 N–H and O–H groups in total. The molecule has 4 nitrogen and oxygen atoms in total. The van der Waals surface area contributed by atoms with Crippen molar-refractivity contribution < 1.29 is 14.0 Å². The number of carbonyl (C=O) groups excluding carboxylic acids is 2. The lowest BCUT2D eigenvalue weighted by Crippen LogP contribution is -2.26. The molecule has 2 heterocycles. The Balaban J connectivity index is 1.66. The lowest BCUT2D eigenvalue weighted by molar-refractivity contribution is -0.130. The first-order chi connectivity index (χ1) is 12.1. The molecule has 0 radical (unpaired) electrons. The van der Waals surface area contributed by atoms with Gasteiger partial charge < -0.3 is 9.32 Å². The average molecular weight is 355 g/mol. The first-order valence-electron chi connectivity index (χ1n) is 8.40. The number of furan rings is 1. The van der Waals surface area contributed by atoms with Crippen molar-refractivity contribution in [1.82, 2.24) is 4.90 Å². The molecule has 0 fully saturated rings. The van der Waals surface area contributed by atoms with Gasteiger partial charge in [-0.15, -0.1) is 11.3 Å². The summed E-state index contributed by atoms with van der Waals surface area (Å²) in [4.78, 5) is 26.9. The summed E-state index contributed by atoms with van der Waals surface area (Å²) in [5.41, 5.74) is 1.90. The van der Waals surface area contributed by atoms with Gasteiger partial charge in [0.1, 0.15) is 11.3 Å². The number of amides is 1. The van der Waals surface area contributed by atoms with Crippen LogP contribution in [0.3, 0.4) is 0 Å². The van der Waals surface area contributed by atoms with Crippen LogP contribution in [0.15, 0.2) is 46.2 Å². The fourth-order valence-electron chi connectivity index (χ4n) is 2.91. The third kappa shape index (κ3) is 3.82. The van der Waals surface area contributed by atoms with Gasteiger partial charge in [0.15, 0.2) is 5.78 Å². The lowest BCUT2D eigenvalue weighted by atomic mass is 10.1. The van der Waals surface area contributed by atoms with E-state index in [0.717, 1.165) is 28.7 Å². The van der Waals surface area contributed by atoms with E-state index in [9.17, 15) is 9.59 Å². The van der Waals surface area contributed by atoms with Crippen LogP contribution in [0.25, 0.3) is 11.0 Å². The molecule has 1 amide bonds. The molecule has 130 valence electrons. The largest absolute Gasteiger partial charge is 0.461 e. The molecule has 0 aliphatic heterocycles. The van der Waals surface area contributed by atoms with E-state index in [0.29, 0.717) is 11.4 Å². The number of rotatable bonds is 7. The highest BCUT2D eigenvalue weighted by molar-refractivity contribution is 7.12. The molecule has 25 heavy (non-hydrogen) atoms. The fourth-order valence-corrected chi connectivity index (χ4v) is 3.60. The highest BCUT2D eigenvalue weighted by Crippen LogP contribution is 2.27. The summed E-state index contributed by atoms with van der Waals surface area (Å²) in [6.45, 7) is 2.54. The third-order valence-electron chi connectivity index (χ3n) is 4.29. The zero-order chi connectivity index (χ0) is 17.8. The van der Waals surface area contributed by atoms with Gasteiger partial charge in [-0.05, 0) is 17.5 Å². The van der Waals surface area contributed by atoms with E-state index in [1.54, 1.807) is 18.0 Å². The number of benzene rings is 1. The third-order valence-corrected chi connectivity index (χ3v) is 5.20. The number of thiophene rings is 1. The van der Waals surface area contributed by atoms with Crippen molar-refractivity contribution in [2.45, 2.75) is 32.7 Å². The molecule has 0 aliphatic rings. The molecular weight excluding hydrogens is 334 g/mol. The number of Topliss-reactive ketones (excluding diaryl/α,β-unsaturated/α-hetero) is 1. The number of hydrogen-bond donors (Lipinski definition) is 0. The Bertz CT molecular complexity index is 880. The normalized spacial score (nSPS) is 11.0. The predicted octanol–water partition coefficient (Wildman–Crippen LogP) is 4.68. The van der Waals surface area contributed by atoms with E-state index < -0.39 is 0 Å². The number of carbonyl (C=O) groups is 2. The minimum atomic E-state index is -0.0303. The first-order valence-corrected chi connectivity index (χ1v) is 9.28. The van der Waals surface area contributed by atoms with Gasteiger partial charge in [0, 0.05) is 43.8 Å². The van der Waals surface area contributed by atoms with Gasteiger partial charge in [0.2, 0.25) is 5.91 Å². The Hall–Kier alpha value is -2.40. The zero-order valence-corrected chi connectivity index (χ0v) is 15.3. The van der Waals surface area contributed by atoms with E-state index in [1.165, 1.54) is 11.3 Å². The monoisotopic (exact) mass is 355 g/mol. The maximum Gasteiger partial charge on any atom is 0.223 e. The van der Waals surface area contributed by atoms with Gasteiger partial charge >= 0.3 is 0 Å². The standard InChI is InChI=1S/C20H21NO3S/c1-3-17-15(14-7-4-5-8-18(14)24-17)13-21(2)20(23)11-10-16(22)19-9-6-12-25-19/h4-9,12H,3,10-11,13H2,1-2H3. The number of ketones is 1. The van der Waals surface area contributed by atoms with E-state index in [4.69, 9.17) is 4.42 Å². The molecule has 0 atom stereocenters. The molecule has 3 rings (SSSR count). The zero-order valence-electron chi connectivity index (χ0n) is 14.5. The Labute approximate surface area is 151 Å². The van der Waals surface area contributed by atoms with Gasteiger partial charge in [-0.25, -0.2) is 0 Å². The number of para-hydroxylation sites is 1. The van der Waals surface area contributed by atoms with Crippen molar-refractivity contribution in [3.63, 3.8) is 0 Å². The van der Waals surface area contributed by atoms with Crippen LogP contribution in [0.2, 0.25) is 0 Å². The maximum atomic E-state index is 12.4. The summed E-state index contributed by atoms with van der Waals surface area (Å²) >= 11 is 1.41. The molecule has 0 saturated heterocycles. The Morgan fingerprint density at radius 3 is 2.64 bits per heavy atom. The van der Waals surface area contributed by atoms with Crippen LogP contribution in [0.5, 0.6) is 0 Å². The van der Waals surface area contributed by atoms with Crippen LogP contribution < -0.4 is 0 Å². The molecule has 1 aromatic carbocycles. The molecule has 0 aliphatic carbocycles. The van der Waals surface area contributed by atoms with Crippen LogP contribution in [0, 0.1) is 0 Å². The van der Waals surface area contributed by atoms with E-state index in [-0.39, 0.29) is 24.5 Å². The summed E-state index contributed by atoms with van der Waals surface area (Å²) in [5, 5.41) is 2.92. The summed E-state index contributed by atoms with van der Waals surface area (Å²) < 4.78 is 5.89. The average Bonchev–Trinajstić information content (AvgIpc) is 3.27. The summed E-state index contributed by atoms with van der Waals surface area (Å²) in [7, 11) is 1.78. The second-order valence-electron chi connectivity index (χ2n) is 6.00. The van der Waals surface area contributed by atoms with Crippen molar-refractivity contribution in [3.8, 4) is 0 Å². The molecule has 3 aromatic rings. The summed E-state index contributed by atoms with van der Waals surface area (Å²) in [5.74, 6) is 0.910. The van der Waals surface area contributed by atoms with Gasteiger partial charge in [-0.2, -0.15) is 0 Å². The predicted molar refractivity (Wildman–Crippen MR) is 99.9 cm³/mol. The quantitative estimate of drug-likeness (QED) is 0.578. The van der Waals surface area contributed by atoms with Crippen molar-refractivity contribution in [2.75, 3.05) is 7.05 Å². The second-order valence-corrected chi connectivity index (χ2v) is 6.95. The lowest BCUT2D eigenvalue weighted by Gasteiger charge is -2.17. The molecule has 0 unspecified atom stereocenters. The smallest absolute Gasteiger partial charge is 0.223 e. The van der Waals surface area contributed by atoms with Crippen LogP contribution >= 0.6 is 11.3 Å². The molecule has 0 saturated carbocycles.